The minimum atomic E-state index is -0.0634. The summed E-state index contributed by atoms with van der Waals surface area (Å²) in [6, 6.07) is 15.6. The first kappa shape index (κ1) is 18.7. The summed E-state index contributed by atoms with van der Waals surface area (Å²) >= 11 is 0. The lowest BCUT2D eigenvalue weighted by molar-refractivity contribution is -0.126. The quantitative estimate of drug-likeness (QED) is 0.436. The highest BCUT2D eigenvalue weighted by molar-refractivity contribution is 5.84. The van der Waals surface area contributed by atoms with Gasteiger partial charge in [-0.3, -0.25) is 4.79 Å². The average molecular weight is 364 g/mol. The first-order chi connectivity index (χ1) is 13.2. The topological polar surface area (TPSA) is 59.9 Å². The van der Waals surface area contributed by atoms with Crippen LogP contribution in [0.1, 0.15) is 30.9 Å². The van der Waals surface area contributed by atoms with Crippen LogP contribution >= 0.6 is 0 Å². The molecule has 0 aromatic heterocycles. The number of carbonyl (C=O) groups excluding carboxylic acids is 1. The van der Waals surface area contributed by atoms with Gasteiger partial charge in [-0.15, -0.1) is 0 Å². The summed E-state index contributed by atoms with van der Waals surface area (Å²) in [6.45, 7) is 6.77. The third-order valence-corrected chi connectivity index (χ3v) is 4.33. The van der Waals surface area contributed by atoms with E-state index in [1.54, 1.807) is 6.21 Å². The Kier molecular flexibility index (Phi) is 6.26. The smallest absolute Gasteiger partial charge is 0.243 e. The third kappa shape index (κ3) is 5.20. The Morgan fingerprint density at radius 2 is 1.96 bits per heavy atom. The summed E-state index contributed by atoms with van der Waals surface area (Å²) in [7, 11) is 0. The molecule has 0 spiro atoms. The van der Waals surface area contributed by atoms with E-state index < -0.39 is 0 Å². The van der Waals surface area contributed by atoms with Crippen LogP contribution in [0.15, 0.2) is 65.8 Å². The second-order valence-electron chi connectivity index (χ2n) is 6.50. The van der Waals surface area contributed by atoms with Gasteiger partial charge in [0.05, 0.1) is 12.8 Å². The molecular formula is C22H24N2O3. The summed E-state index contributed by atoms with van der Waals surface area (Å²) in [4.78, 5) is 11.9. The molecule has 2 aromatic carbocycles. The Bertz CT molecular complexity index is 823. The van der Waals surface area contributed by atoms with Gasteiger partial charge < -0.3 is 9.47 Å². The molecule has 0 atom stereocenters. The van der Waals surface area contributed by atoms with Gasteiger partial charge in [0.15, 0.2) is 11.5 Å². The van der Waals surface area contributed by atoms with E-state index in [0.717, 1.165) is 29.5 Å². The molecule has 3 rings (SSSR count). The molecule has 5 heteroatoms. The number of ether oxygens (including phenoxy) is 2. The van der Waals surface area contributed by atoms with E-state index in [1.165, 1.54) is 0 Å². The number of nitrogens with zero attached hydrogens (tertiary/aromatic N) is 1. The van der Waals surface area contributed by atoms with Crippen LogP contribution in [-0.4, -0.2) is 18.7 Å². The monoisotopic (exact) mass is 364 g/mol. The molecule has 1 saturated carbocycles. The highest BCUT2D eigenvalue weighted by Gasteiger charge is 2.28. The van der Waals surface area contributed by atoms with Crippen molar-refractivity contribution in [3.63, 3.8) is 0 Å². The average Bonchev–Trinajstić information content (AvgIpc) is 2.66. The fraction of sp³-hybridized carbons (Fsp3) is 0.273. The predicted molar refractivity (Wildman–Crippen MR) is 106 cm³/mol. The van der Waals surface area contributed by atoms with Gasteiger partial charge in [0.1, 0.15) is 6.61 Å². The number of allylic oxidation sites excluding steroid dienone is 1. The van der Waals surface area contributed by atoms with Crippen molar-refractivity contribution >= 4 is 12.1 Å². The molecule has 2 aromatic rings. The summed E-state index contributed by atoms with van der Waals surface area (Å²) in [6.07, 6.45) is 3.11. The fourth-order valence-electron chi connectivity index (χ4n) is 2.81. The van der Waals surface area contributed by atoms with Crippen molar-refractivity contribution in [2.45, 2.75) is 26.4 Å². The summed E-state index contributed by atoms with van der Waals surface area (Å²) in [5, 5.41) is 4.04. The molecular weight excluding hydrogens is 340 g/mol. The van der Waals surface area contributed by atoms with E-state index in [9.17, 15) is 4.79 Å². The molecule has 0 heterocycles. The first-order valence-electron chi connectivity index (χ1n) is 9.09. The van der Waals surface area contributed by atoms with Crippen LogP contribution in [0.2, 0.25) is 0 Å². The lowest BCUT2D eigenvalue weighted by atomic mass is 9.81. The highest BCUT2D eigenvalue weighted by Crippen LogP contribution is 2.31. The van der Waals surface area contributed by atoms with Gasteiger partial charge in [-0.25, -0.2) is 5.43 Å². The number of benzene rings is 2. The molecule has 0 saturated heterocycles. The van der Waals surface area contributed by atoms with Crippen LogP contribution in [0.5, 0.6) is 11.5 Å². The minimum Gasteiger partial charge on any atom is -0.490 e. The van der Waals surface area contributed by atoms with Crippen molar-refractivity contribution in [1.29, 1.82) is 0 Å². The van der Waals surface area contributed by atoms with Gasteiger partial charge >= 0.3 is 0 Å². The van der Waals surface area contributed by atoms with Crippen LogP contribution in [-0.2, 0) is 11.4 Å². The van der Waals surface area contributed by atoms with Crippen LogP contribution < -0.4 is 14.9 Å². The Labute approximate surface area is 159 Å². The maximum Gasteiger partial charge on any atom is 0.243 e. The Hall–Kier alpha value is -3.08. The molecule has 1 fully saturated rings. The zero-order chi connectivity index (χ0) is 19.1. The first-order valence-corrected chi connectivity index (χ1v) is 9.09. The zero-order valence-electron chi connectivity index (χ0n) is 15.5. The molecule has 1 aliphatic carbocycles. The van der Waals surface area contributed by atoms with Gasteiger partial charge in [0.25, 0.3) is 0 Å². The van der Waals surface area contributed by atoms with E-state index in [4.69, 9.17) is 9.47 Å². The number of hydrogen-bond acceptors (Lipinski definition) is 4. The van der Waals surface area contributed by atoms with E-state index in [0.29, 0.717) is 24.7 Å². The van der Waals surface area contributed by atoms with Crippen molar-refractivity contribution < 1.29 is 14.3 Å². The Morgan fingerprint density at radius 1 is 1.19 bits per heavy atom. The molecule has 5 nitrogen and oxygen atoms in total. The number of amides is 1. The lowest BCUT2D eigenvalue weighted by Gasteiger charge is -2.25. The van der Waals surface area contributed by atoms with Crippen LogP contribution in [0.3, 0.4) is 0 Å². The molecule has 0 bridgehead atoms. The van der Waals surface area contributed by atoms with Crippen molar-refractivity contribution in [1.82, 2.24) is 5.43 Å². The molecule has 0 unspecified atom stereocenters. The third-order valence-electron chi connectivity index (χ3n) is 4.33. The molecule has 1 amide bonds. The van der Waals surface area contributed by atoms with Crippen molar-refractivity contribution in [3.8, 4) is 11.5 Å². The maximum atomic E-state index is 11.9. The SMILES string of the molecule is C=C1CC(C(=O)N/N=C\c2ccc(OCc3ccccc3)c(OCC)c2)C1. The molecule has 0 aliphatic heterocycles. The van der Waals surface area contributed by atoms with Gasteiger partial charge in [-0.05, 0) is 49.1 Å². The van der Waals surface area contributed by atoms with Gasteiger partial charge in [0, 0.05) is 5.92 Å². The predicted octanol–water partition coefficient (Wildman–Crippen LogP) is 4.08. The van der Waals surface area contributed by atoms with Crippen molar-refractivity contribution in [2.24, 2.45) is 11.0 Å². The number of rotatable bonds is 8. The number of hydrazone groups is 1. The highest BCUT2D eigenvalue weighted by atomic mass is 16.5. The number of hydrogen-bond donors (Lipinski definition) is 1. The number of nitrogens with one attached hydrogen (secondary N) is 1. The second-order valence-corrected chi connectivity index (χ2v) is 6.50. The molecule has 27 heavy (non-hydrogen) atoms. The zero-order valence-corrected chi connectivity index (χ0v) is 15.5. The second kappa shape index (κ2) is 9.03. The molecule has 1 N–H and O–H groups in total. The van der Waals surface area contributed by atoms with Crippen LogP contribution in [0.4, 0.5) is 0 Å². The van der Waals surface area contributed by atoms with Crippen LogP contribution in [0, 0.1) is 5.92 Å². The Balaban J connectivity index is 1.61. The van der Waals surface area contributed by atoms with Gasteiger partial charge in [-0.1, -0.05) is 42.5 Å². The molecule has 1 aliphatic rings. The van der Waals surface area contributed by atoms with E-state index in [1.807, 2.05) is 55.5 Å². The van der Waals surface area contributed by atoms with Crippen molar-refractivity contribution in [3.05, 3.63) is 71.8 Å². The van der Waals surface area contributed by atoms with E-state index in [-0.39, 0.29) is 11.8 Å². The molecule has 140 valence electrons. The minimum absolute atomic E-state index is 0.00222. The van der Waals surface area contributed by atoms with Gasteiger partial charge in [0.2, 0.25) is 5.91 Å². The van der Waals surface area contributed by atoms with E-state index in [2.05, 4.69) is 17.1 Å². The Morgan fingerprint density at radius 3 is 2.67 bits per heavy atom. The normalized spacial score (nSPS) is 14.0. The maximum absolute atomic E-state index is 11.9. The lowest BCUT2D eigenvalue weighted by Crippen LogP contribution is -2.32. The van der Waals surface area contributed by atoms with Crippen molar-refractivity contribution in [2.75, 3.05) is 6.61 Å². The molecule has 0 radical (unpaired) electrons. The fourth-order valence-corrected chi connectivity index (χ4v) is 2.81. The summed E-state index contributed by atoms with van der Waals surface area (Å²) in [5.41, 5.74) is 5.61. The van der Waals surface area contributed by atoms with Crippen LogP contribution in [0.25, 0.3) is 0 Å². The van der Waals surface area contributed by atoms with Gasteiger partial charge in [-0.2, -0.15) is 5.10 Å². The number of carbonyl (C=O) groups is 1. The standard InChI is InChI=1S/C22H24N2O3/c1-3-26-21-13-18(14-23-24-22(25)19-11-16(2)12-19)9-10-20(21)27-15-17-7-5-4-6-8-17/h4-10,13-14,19H,2-3,11-12,15H2,1H3,(H,24,25)/b23-14-. The summed E-state index contributed by atoms with van der Waals surface area (Å²) in [5.74, 6) is 1.27. The summed E-state index contributed by atoms with van der Waals surface area (Å²) < 4.78 is 11.6. The van der Waals surface area contributed by atoms with E-state index >= 15 is 0 Å². The largest absolute Gasteiger partial charge is 0.490 e.